The van der Waals surface area contributed by atoms with Gasteiger partial charge >= 0.3 is 12.0 Å². The molecule has 2 aromatic rings. The first-order valence-corrected chi connectivity index (χ1v) is 8.16. The zero-order chi connectivity index (χ0) is 18.0. The largest absolute Gasteiger partial charge is 0.406 e. The average Bonchev–Trinajstić information content (AvgIpc) is 3.06. The summed E-state index contributed by atoms with van der Waals surface area (Å²) in [5.74, 6) is 0.873. The van der Waals surface area contributed by atoms with Crippen molar-refractivity contribution in [3.63, 3.8) is 0 Å². The molecule has 0 radical (unpaired) electrons. The summed E-state index contributed by atoms with van der Waals surface area (Å²) >= 11 is 0. The van der Waals surface area contributed by atoms with Gasteiger partial charge in [-0.05, 0) is 32.4 Å². The van der Waals surface area contributed by atoms with Crippen LogP contribution in [0.3, 0.4) is 0 Å². The topological polar surface area (TPSA) is 61.8 Å². The second kappa shape index (κ2) is 5.02. The number of likely N-dealkylation sites (N-methyl/N-ethyl adjacent to an activating group) is 2. The second-order valence-corrected chi connectivity index (χ2v) is 6.71. The number of amides is 3. The van der Waals surface area contributed by atoms with Crippen LogP contribution in [0.15, 0.2) is 29.4 Å². The van der Waals surface area contributed by atoms with E-state index in [1.54, 1.807) is 7.05 Å². The molecule has 3 heterocycles. The Bertz CT molecular complexity index is 972. The van der Waals surface area contributed by atoms with Gasteiger partial charge in [0.25, 0.3) is 5.91 Å². The van der Waals surface area contributed by atoms with Crippen LogP contribution in [0.25, 0.3) is 5.69 Å². The Labute approximate surface area is 145 Å². The van der Waals surface area contributed by atoms with E-state index >= 15 is 0 Å². The third kappa shape index (κ3) is 1.98. The lowest BCUT2D eigenvalue weighted by atomic mass is 10.1. The molecule has 25 heavy (non-hydrogen) atoms. The predicted molar refractivity (Wildman–Crippen MR) is 92.2 cm³/mol. The third-order valence-electron chi connectivity index (χ3n) is 4.92. The van der Waals surface area contributed by atoms with Crippen LogP contribution < -0.4 is 4.57 Å². The van der Waals surface area contributed by atoms with Gasteiger partial charge in [-0.1, -0.05) is 22.7 Å². The standard InChI is InChI=1S/C18H20N5O2/c1-10-6-7-13(11(2)8-10)23-12(3)9-22-14-15(19-17(22)23)20(4)18(25)21(5)16(14)24/h6-9,14H,1-5H3/q+1. The molecule has 0 spiro atoms. The van der Waals surface area contributed by atoms with Gasteiger partial charge in [-0.25, -0.2) is 9.36 Å². The first-order chi connectivity index (χ1) is 11.8. The zero-order valence-corrected chi connectivity index (χ0v) is 14.9. The summed E-state index contributed by atoms with van der Waals surface area (Å²) in [6, 6.07) is 5.29. The highest BCUT2D eigenvalue weighted by molar-refractivity contribution is 6.18. The Morgan fingerprint density at radius 2 is 1.80 bits per heavy atom. The van der Waals surface area contributed by atoms with Crippen molar-refractivity contribution in [1.82, 2.24) is 14.4 Å². The average molecular weight is 338 g/mol. The summed E-state index contributed by atoms with van der Waals surface area (Å²) < 4.78 is 3.89. The summed E-state index contributed by atoms with van der Waals surface area (Å²) in [6.45, 7) is 6.11. The number of imide groups is 1. The maximum absolute atomic E-state index is 12.7. The summed E-state index contributed by atoms with van der Waals surface area (Å²) in [5, 5.41) is 0. The smallest absolute Gasteiger partial charge is 0.270 e. The minimum atomic E-state index is -0.589. The van der Waals surface area contributed by atoms with Crippen molar-refractivity contribution in [2.45, 2.75) is 26.8 Å². The van der Waals surface area contributed by atoms with Crippen molar-refractivity contribution in [2.24, 2.45) is 4.99 Å². The molecule has 0 saturated carbocycles. The lowest BCUT2D eigenvalue weighted by Gasteiger charge is -2.30. The van der Waals surface area contributed by atoms with Gasteiger partial charge in [-0.2, -0.15) is 4.57 Å². The highest BCUT2D eigenvalue weighted by Gasteiger charge is 2.52. The van der Waals surface area contributed by atoms with Gasteiger partial charge in [0.2, 0.25) is 11.9 Å². The number of carbonyl (C=O) groups is 2. The van der Waals surface area contributed by atoms with Crippen molar-refractivity contribution < 1.29 is 14.2 Å². The molecule has 1 fully saturated rings. The molecule has 1 unspecified atom stereocenters. The first-order valence-electron chi connectivity index (χ1n) is 8.16. The van der Waals surface area contributed by atoms with Crippen molar-refractivity contribution in [3.05, 3.63) is 41.2 Å². The van der Waals surface area contributed by atoms with E-state index in [0.717, 1.165) is 21.8 Å². The Hall–Kier alpha value is -2.96. The number of rotatable bonds is 1. The number of aromatic nitrogens is 2. The molecule has 2 aliphatic heterocycles. The minimum Gasteiger partial charge on any atom is -0.270 e. The van der Waals surface area contributed by atoms with Gasteiger partial charge in [0.15, 0.2) is 0 Å². The lowest BCUT2D eigenvalue weighted by molar-refractivity contribution is -0.676. The molecule has 1 atom stereocenters. The number of nitrogens with zero attached hydrogens (tertiary/aromatic N) is 5. The fraction of sp³-hybridized carbons (Fsp3) is 0.333. The molecule has 1 saturated heterocycles. The second-order valence-electron chi connectivity index (χ2n) is 6.71. The van der Waals surface area contributed by atoms with Gasteiger partial charge in [0.05, 0.1) is 0 Å². The Morgan fingerprint density at radius 3 is 2.48 bits per heavy atom. The molecule has 7 heteroatoms. The van der Waals surface area contributed by atoms with Crippen LogP contribution >= 0.6 is 0 Å². The van der Waals surface area contributed by atoms with Crippen LogP contribution in [0.2, 0.25) is 0 Å². The van der Waals surface area contributed by atoms with Gasteiger partial charge < -0.3 is 0 Å². The maximum Gasteiger partial charge on any atom is 0.406 e. The summed E-state index contributed by atoms with van der Waals surface area (Å²) in [4.78, 5) is 32.1. The van der Waals surface area contributed by atoms with E-state index in [4.69, 9.17) is 0 Å². The normalized spacial score (nSPS) is 19.2. The molecular formula is C18H20N5O2+. The van der Waals surface area contributed by atoms with Crippen LogP contribution in [-0.2, 0) is 4.79 Å². The number of carbonyl (C=O) groups excluding carboxylic acids is 2. The number of amidine groups is 1. The summed E-state index contributed by atoms with van der Waals surface area (Å²) in [6.07, 6.45) is 1.92. The summed E-state index contributed by atoms with van der Waals surface area (Å²) in [5.41, 5.74) is 4.33. The first kappa shape index (κ1) is 15.6. The maximum atomic E-state index is 12.7. The quantitative estimate of drug-likeness (QED) is 0.745. The van der Waals surface area contributed by atoms with Crippen molar-refractivity contribution >= 4 is 23.7 Å². The number of imidazole rings is 1. The highest BCUT2D eigenvalue weighted by Crippen LogP contribution is 2.31. The van der Waals surface area contributed by atoms with E-state index in [1.807, 2.05) is 22.3 Å². The minimum absolute atomic E-state index is 0.261. The molecule has 7 nitrogen and oxygen atoms in total. The van der Waals surface area contributed by atoms with E-state index in [0.29, 0.717) is 11.8 Å². The Balaban J connectivity index is 1.93. The molecule has 4 rings (SSSR count). The number of hydrogen-bond acceptors (Lipinski definition) is 3. The Morgan fingerprint density at radius 1 is 1.08 bits per heavy atom. The molecular weight excluding hydrogens is 318 g/mol. The number of fused-ring (bicyclic) bond motifs is 3. The molecule has 3 amide bonds. The van der Waals surface area contributed by atoms with E-state index in [1.165, 1.54) is 17.5 Å². The number of benzene rings is 1. The fourth-order valence-electron chi connectivity index (χ4n) is 3.62. The van der Waals surface area contributed by atoms with Crippen LogP contribution in [0.5, 0.6) is 0 Å². The molecule has 128 valence electrons. The lowest BCUT2D eigenvalue weighted by Crippen LogP contribution is -2.61. The van der Waals surface area contributed by atoms with E-state index in [9.17, 15) is 9.59 Å². The van der Waals surface area contributed by atoms with Gasteiger partial charge in [-0.3, -0.25) is 14.6 Å². The zero-order valence-electron chi connectivity index (χ0n) is 14.9. The third-order valence-corrected chi connectivity index (χ3v) is 4.92. The molecule has 2 aliphatic rings. The fourth-order valence-corrected chi connectivity index (χ4v) is 3.62. The van der Waals surface area contributed by atoms with Crippen molar-refractivity contribution in [1.29, 1.82) is 0 Å². The van der Waals surface area contributed by atoms with Gasteiger partial charge in [-0.15, -0.1) is 0 Å². The van der Waals surface area contributed by atoms with E-state index in [2.05, 4.69) is 37.0 Å². The Kier molecular flexibility index (Phi) is 3.12. The van der Waals surface area contributed by atoms with Crippen LogP contribution in [0.4, 0.5) is 10.7 Å². The molecule has 0 bridgehead atoms. The molecule has 1 aromatic heterocycles. The predicted octanol–water partition coefficient (Wildman–Crippen LogP) is 1.80. The van der Waals surface area contributed by atoms with Crippen molar-refractivity contribution in [3.8, 4) is 5.69 Å². The number of aryl methyl sites for hydroxylation is 3. The van der Waals surface area contributed by atoms with Gasteiger partial charge in [0, 0.05) is 14.1 Å². The monoisotopic (exact) mass is 338 g/mol. The van der Waals surface area contributed by atoms with E-state index < -0.39 is 6.04 Å². The van der Waals surface area contributed by atoms with Crippen LogP contribution in [0.1, 0.15) is 22.9 Å². The summed E-state index contributed by atoms with van der Waals surface area (Å²) in [7, 11) is 3.16. The molecule has 0 N–H and O–H groups in total. The molecule has 0 aliphatic carbocycles. The van der Waals surface area contributed by atoms with Crippen LogP contribution in [-0.4, -0.2) is 46.2 Å². The van der Waals surface area contributed by atoms with Crippen LogP contribution in [0, 0.1) is 20.8 Å². The highest BCUT2D eigenvalue weighted by atomic mass is 16.2. The number of hydrogen-bond donors (Lipinski definition) is 0. The number of urea groups is 1. The van der Waals surface area contributed by atoms with Gasteiger partial charge in [0.1, 0.15) is 17.6 Å². The van der Waals surface area contributed by atoms with Crippen molar-refractivity contribution in [2.75, 3.05) is 14.1 Å². The SMILES string of the molecule is Cc1ccc(-n2c(C)c[n+]3c2N=C2C3C(=O)N(C)C(=O)N2C)c(C)c1. The number of aliphatic imine (C=N–C) groups is 1. The van der Waals surface area contributed by atoms with E-state index in [-0.39, 0.29) is 11.9 Å². The molecule has 1 aromatic carbocycles.